The predicted octanol–water partition coefficient (Wildman–Crippen LogP) is 2.23. The molecule has 0 saturated carbocycles. The summed E-state index contributed by atoms with van der Waals surface area (Å²) in [5.74, 6) is -0.691. The molecule has 112 valence electrons. The second kappa shape index (κ2) is 6.70. The SMILES string of the molecule is CC(C)NC(C)(CC(C)Oc1ccccc1F)C(N)=O. The van der Waals surface area contributed by atoms with Crippen LogP contribution in [-0.4, -0.2) is 23.6 Å². The number of hydrogen-bond donors (Lipinski definition) is 2. The second-order valence-electron chi connectivity index (χ2n) is 5.56. The molecule has 1 amide bonds. The van der Waals surface area contributed by atoms with E-state index in [1.54, 1.807) is 32.0 Å². The van der Waals surface area contributed by atoms with Gasteiger partial charge in [-0.15, -0.1) is 0 Å². The zero-order valence-corrected chi connectivity index (χ0v) is 12.4. The van der Waals surface area contributed by atoms with Gasteiger partial charge in [0.15, 0.2) is 11.6 Å². The van der Waals surface area contributed by atoms with E-state index in [-0.39, 0.29) is 17.9 Å². The van der Waals surface area contributed by atoms with Crippen molar-refractivity contribution in [2.75, 3.05) is 0 Å². The van der Waals surface area contributed by atoms with Crippen LogP contribution in [0.1, 0.15) is 34.1 Å². The Balaban J connectivity index is 2.74. The van der Waals surface area contributed by atoms with E-state index in [0.717, 1.165) is 0 Å². The molecule has 0 fully saturated rings. The van der Waals surface area contributed by atoms with Crippen molar-refractivity contribution in [3.63, 3.8) is 0 Å². The van der Waals surface area contributed by atoms with Crippen LogP contribution < -0.4 is 15.8 Å². The van der Waals surface area contributed by atoms with Crippen LogP contribution in [0.5, 0.6) is 5.75 Å². The predicted molar refractivity (Wildman–Crippen MR) is 77.0 cm³/mol. The zero-order chi connectivity index (χ0) is 15.3. The Hall–Kier alpha value is -1.62. The molecule has 3 N–H and O–H groups in total. The van der Waals surface area contributed by atoms with E-state index >= 15 is 0 Å². The monoisotopic (exact) mass is 282 g/mol. The van der Waals surface area contributed by atoms with E-state index < -0.39 is 17.3 Å². The first-order valence-electron chi connectivity index (χ1n) is 6.73. The van der Waals surface area contributed by atoms with Gasteiger partial charge in [-0.1, -0.05) is 12.1 Å². The van der Waals surface area contributed by atoms with Gasteiger partial charge in [-0.05, 0) is 39.8 Å². The lowest BCUT2D eigenvalue weighted by Crippen LogP contribution is -2.57. The summed E-state index contributed by atoms with van der Waals surface area (Å²) in [5.41, 5.74) is 4.57. The van der Waals surface area contributed by atoms with E-state index in [2.05, 4.69) is 5.32 Å². The van der Waals surface area contributed by atoms with Gasteiger partial charge in [0, 0.05) is 12.5 Å². The summed E-state index contributed by atoms with van der Waals surface area (Å²) in [6, 6.07) is 6.30. The van der Waals surface area contributed by atoms with Gasteiger partial charge in [0.1, 0.15) is 0 Å². The molecule has 1 aromatic carbocycles. The molecule has 0 aliphatic carbocycles. The molecular formula is C15H23FN2O2. The molecule has 1 rings (SSSR count). The summed E-state index contributed by atoms with van der Waals surface area (Å²) in [6.45, 7) is 7.39. The lowest BCUT2D eigenvalue weighted by Gasteiger charge is -2.32. The first-order chi connectivity index (χ1) is 9.24. The fourth-order valence-electron chi connectivity index (χ4n) is 2.24. The van der Waals surface area contributed by atoms with Crippen LogP contribution in [-0.2, 0) is 4.79 Å². The molecule has 5 heteroatoms. The summed E-state index contributed by atoms with van der Waals surface area (Å²) in [7, 11) is 0. The molecule has 0 saturated heterocycles. The largest absolute Gasteiger partial charge is 0.488 e. The Bertz CT molecular complexity index is 465. The minimum Gasteiger partial charge on any atom is -0.488 e. The van der Waals surface area contributed by atoms with Gasteiger partial charge in [-0.3, -0.25) is 4.79 Å². The minimum absolute atomic E-state index is 0.105. The lowest BCUT2D eigenvalue weighted by atomic mass is 9.93. The number of nitrogens with two attached hydrogens (primary N) is 1. The number of amides is 1. The van der Waals surface area contributed by atoms with Crippen molar-refractivity contribution in [2.45, 2.75) is 51.8 Å². The quantitative estimate of drug-likeness (QED) is 0.806. The van der Waals surface area contributed by atoms with Crippen LogP contribution in [0.2, 0.25) is 0 Å². The normalized spacial score (nSPS) is 15.7. The van der Waals surface area contributed by atoms with Gasteiger partial charge in [0.2, 0.25) is 5.91 Å². The van der Waals surface area contributed by atoms with Gasteiger partial charge in [-0.2, -0.15) is 0 Å². The number of carbonyl (C=O) groups excluding carboxylic acids is 1. The average Bonchev–Trinajstić information content (AvgIpc) is 2.30. The molecule has 2 atom stereocenters. The Morgan fingerprint density at radius 1 is 1.40 bits per heavy atom. The molecule has 0 aliphatic rings. The van der Waals surface area contributed by atoms with Crippen molar-refractivity contribution in [2.24, 2.45) is 5.73 Å². The number of nitrogens with one attached hydrogen (secondary N) is 1. The van der Waals surface area contributed by atoms with E-state index in [4.69, 9.17) is 10.5 Å². The van der Waals surface area contributed by atoms with Crippen molar-refractivity contribution in [3.8, 4) is 5.75 Å². The topological polar surface area (TPSA) is 64.3 Å². The van der Waals surface area contributed by atoms with Crippen molar-refractivity contribution in [1.82, 2.24) is 5.32 Å². The first kappa shape index (κ1) is 16.4. The average molecular weight is 282 g/mol. The van der Waals surface area contributed by atoms with E-state index in [9.17, 15) is 9.18 Å². The van der Waals surface area contributed by atoms with E-state index in [0.29, 0.717) is 6.42 Å². The summed E-state index contributed by atoms with van der Waals surface area (Å²) < 4.78 is 19.1. The van der Waals surface area contributed by atoms with E-state index in [1.807, 2.05) is 13.8 Å². The van der Waals surface area contributed by atoms with Crippen LogP contribution in [0.25, 0.3) is 0 Å². The number of ether oxygens (including phenoxy) is 1. The Morgan fingerprint density at radius 3 is 2.50 bits per heavy atom. The molecule has 0 aliphatic heterocycles. The van der Waals surface area contributed by atoms with Gasteiger partial charge < -0.3 is 15.8 Å². The van der Waals surface area contributed by atoms with Crippen LogP contribution in [0, 0.1) is 5.82 Å². The highest BCUT2D eigenvalue weighted by atomic mass is 19.1. The number of carbonyl (C=O) groups is 1. The van der Waals surface area contributed by atoms with Gasteiger partial charge in [-0.25, -0.2) is 4.39 Å². The van der Waals surface area contributed by atoms with Gasteiger partial charge in [0.05, 0.1) is 11.6 Å². The third kappa shape index (κ3) is 4.49. The molecule has 1 aromatic rings. The number of rotatable bonds is 7. The number of hydrogen-bond acceptors (Lipinski definition) is 3. The van der Waals surface area contributed by atoms with Crippen molar-refractivity contribution < 1.29 is 13.9 Å². The molecule has 0 aromatic heterocycles. The van der Waals surface area contributed by atoms with Crippen molar-refractivity contribution in [1.29, 1.82) is 0 Å². The maximum absolute atomic E-state index is 13.5. The van der Waals surface area contributed by atoms with Crippen LogP contribution in [0.15, 0.2) is 24.3 Å². The summed E-state index contributed by atoms with van der Waals surface area (Å²) >= 11 is 0. The zero-order valence-electron chi connectivity index (χ0n) is 12.4. The standard InChI is InChI=1S/C15H23FN2O2/c1-10(2)18-15(4,14(17)19)9-11(3)20-13-8-6-5-7-12(13)16/h5-8,10-11,18H,9H2,1-4H3,(H2,17,19). The number of para-hydroxylation sites is 1. The van der Waals surface area contributed by atoms with Crippen LogP contribution in [0.4, 0.5) is 4.39 Å². The smallest absolute Gasteiger partial charge is 0.237 e. The van der Waals surface area contributed by atoms with Crippen molar-refractivity contribution in [3.05, 3.63) is 30.1 Å². The van der Waals surface area contributed by atoms with E-state index in [1.165, 1.54) is 6.07 Å². The fourth-order valence-corrected chi connectivity index (χ4v) is 2.24. The molecule has 0 spiro atoms. The minimum atomic E-state index is -0.890. The Morgan fingerprint density at radius 2 is 2.00 bits per heavy atom. The maximum atomic E-state index is 13.5. The third-order valence-electron chi connectivity index (χ3n) is 3.01. The Kier molecular flexibility index (Phi) is 5.51. The highest BCUT2D eigenvalue weighted by molar-refractivity contribution is 5.84. The number of halogens is 1. The number of benzene rings is 1. The van der Waals surface area contributed by atoms with Gasteiger partial charge >= 0.3 is 0 Å². The molecular weight excluding hydrogens is 259 g/mol. The molecule has 4 nitrogen and oxygen atoms in total. The van der Waals surface area contributed by atoms with Crippen molar-refractivity contribution >= 4 is 5.91 Å². The molecule has 2 unspecified atom stereocenters. The molecule has 0 heterocycles. The molecule has 20 heavy (non-hydrogen) atoms. The number of primary amides is 1. The highest BCUT2D eigenvalue weighted by Crippen LogP contribution is 2.21. The fraction of sp³-hybridized carbons (Fsp3) is 0.533. The van der Waals surface area contributed by atoms with Crippen LogP contribution >= 0.6 is 0 Å². The summed E-state index contributed by atoms with van der Waals surface area (Å²) in [6.07, 6.45) is 0.00475. The summed E-state index contributed by atoms with van der Waals surface area (Å²) in [4.78, 5) is 11.6. The maximum Gasteiger partial charge on any atom is 0.237 e. The van der Waals surface area contributed by atoms with Crippen LogP contribution in [0.3, 0.4) is 0 Å². The third-order valence-corrected chi connectivity index (χ3v) is 3.01. The first-order valence-corrected chi connectivity index (χ1v) is 6.73. The highest BCUT2D eigenvalue weighted by Gasteiger charge is 2.34. The molecule has 0 radical (unpaired) electrons. The summed E-state index contributed by atoms with van der Waals surface area (Å²) in [5, 5.41) is 3.14. The second-order valence-corrected chi connectivity index (χ2v) is 5.56. The molecule has 0 bridgehead atoms. The Labute approximate surface area is 119 Å². The van der Waals surface area contributed by atoms with Gasteiger partial charge in [0.25, 0.3) is 0 Å². The lowest BCUT2D eigenvalue weighted by molar-refractivity contribution is -0.125.